The Hall–Kier alpha value is -0.430. The fourth-order valence-electron chi connectivity index (χ4n) is 1.38. The van der Waals surface area contributed by atoms with Gasteiger partial charge < -0.3 is 5.73 Å². The van der Waals surface area contributed by atoms with Crippen LogP contribution in [0.2, 0.25) is 0 Å². The first-order valence-corrected chi connectivity index (χ1v) is 7.24. The molecule has 2 rings (SSSR count). The van der Waals surface area contributed by atoms with Gasteiger partial charge in [0.2, 0.25) is 10.0 Å². The van der Waals surface area contributed by atoms with Gasteiger partial charge in [0.1, 0.15) is 4.21 Å². The molecule has 1 unspecified atom stereocenters. The van der Waals surface area contributed by atoms with Crippen molar-refractivity contribution in [3.8, 4) is 0 Å². The van der Waals surface area contributed by atoms with E-state index >= 15 is 0 Å². The third kappa shape index (κ3) is 2.78. The maximum atomic E-state index is 11.7. The molecular weight excluding hydrogens is 232 g/mol. The highest BCUT2D eigenvalue weighted by Crippen LogP contribution is 2.31. The topological polar surface area (TPSA) is 72.2 Å². The van der Waals surface area contributed by atoms with Crippen molar-refractivity contribution in [2.75, 3.05) is 6.54 Å². The van der Waals surface area contributed by atoms with Gasteiger partial charge in [-0.25, -0.2) is 13.1 Å². The van der Waals surface area contributed by atoms with Crippen molar-refractivity contribution < 1.29 is 8.42 Å². The highest BCUT2D eigenvalue weighted by Gasteiger charge is 2.29. The maximum absolute atomic E-state index is 11.7. The molecule has 1 aliphatic carbocycles. The smallest absolute Gasteiger partial charge is 0.250 e. The summed E-state index contributed by atoms with van der Waals surface area (Å²) < 4.78 is 26.3. The van der Waals surface area contributed by atoms with Gasteiger partial charge in [-0.15, -0.1) is 11.3 Å². The summed E-state index contributed by atoms with van der Waals surface area (Å²) >= 11 is 1.21. The molecule has 1 atom stereocenters. The highest BCUT2D eigenvalue weighted by atomic mass is 32.2. The van der Waals surface area contributed by atoms with Crippen LogP contribution in [-0.4, -0.2) is 21.0 Å². The number of nitrogens with one attached hydrogen (secondary N) is 1. The van der Waals surface area contributed by atoms with Crippen LogP contribution in [0.1, 0.15) is 12.8 Å². The van der Waals surface area contributed by atoms with Crippen molar-refractivity contribution in [3.63, 3.8) is 0 Å². The normalized spacial score (nSPS) is 19.0. The molecule has 4 nitrogen and oxygen atoms in total. The van der Waals surface area contributed by atoms with E-state index in [2.05, 4.69) is 4.72 Å². The Bertz CT molecular complexity index is 409. The average molecular weight is 246 g/mol. The van der Waals surface area contributed by atoms with Crippen molar-refractivity contribution in [2.24, 2.45) is 11.7 Å². The van der Waals surface area contributed by atoms with Gasteiger partial charge in [-0.3, -0.25) is 0 Å². The molecule has 84 valence electrons. The van der Waals surface area contributed by atoms with E-state index in [9.17, 15) is 8.42 Å². The molecule has 6 heteroatoms. The van der Waals surface area contributed by atoms with E-state index in [-0.39, 0.29) is 6.04 Å². The zero-order valence-corrected chi connectivity index (χ0v) is 9.85. The Morgan fingerprint density at radius 1 is 1.60 bits per heavy atom. The fraction of sp³-hybridized carbons (Fsp3) is 0.556. The second-order valence-electron chi connectivity index (χ2n) is 3.79. The molecule has 1 aromatic rings. The van der Waals surface area contributed by atoms with E-state index in [1.54, 1.807) is 17.5 Å². The van der Waals surface area contributed by atoms with Crippen LogP contribution in [0.25, 0.3) is 0 Å². The van der Waals surface area contributed by atoms with Gasteiger partial charge in [0.05, 0.1) is 0 Å². The van der Waals surface area contributed by atoms with Gasteiger partial charge in [0.15, 0.2) is 0 Å². The predicted octanol–water partition coefficient (Wildman–Crippen LogP) is 0.764. The molecule has 0 aromatic carbocycles. The van der Waals surface area contributed by atoms with E-state index in [1.807, 2.05) is 0 Å². The number of hydrogen-bond donors (Lipinski definition) is 2. The number of thiophene rings is 1. The van der Waals surface area contributed by atoms with Crippen LogP contribution in [0, 0.1) is 5.92 Å². The summed E-state index contributed by atoms with van der Waals surface area (Å²) in [6.45, 7) is 0.338. The molecular formula is C9H14N2O2S2. The molecule has 3 N–H and O–H groups in total. The Labute approximate surface area is 93.5 Å². The van der Waals surface area contributed by atoms with Crippen LogP contribution >= 0.6 is 11.3 Å². The van der Waals surface area contributed by atoms with Crippen LogP contribution in [0.4, 0.5) is 0 Å². The van der Waals surface area contributed by atoms with Gasteiger partial charge in [-0.1, -0.05) is 6.07 Å². The van der Waals surface area contributed by atoms with E-state index in [1.165, 1.54) is 11.3 Å². The molecule has 15 heavy (non-hydrogen) atoms. The predicted molar refractivity (Wildman–Crippen MR) is 60.2 cm³/mol. The van der Waals surface area contributed by atoms with E-state index in [4.69, 9.17) is 5.73 Å². The van der Waals surface area contributed by atoms with Gasteiger partial charge in [0, 0.05) is 12.6 Å². The average Bonchev–Trinajstić information content (AvgIpc) is 2.89. The largest absolute Gasteiger partial charge is 0.326 e. The molecule has 1 heterocycles. The molecule has 0 aliphatic heterocycles. The fourth-order valence-corrected chi connectivity index (χ4v) is 3.49. The van der Waals surface area contributed by atoms with Crippen molar-refractivity contribution >= 4 is 21.4 Å². The summed E-state index contributed by atoms with van der Waals surface area (Å²) in [5, 5.41) is 1.75. The minimum absolute atomic E-state index is 0.0419. The third-order valence-corrected chi connectivity index (χ3v) is 5.32. The summed E-state index contributed by atoms with van der Waals surface area (Å²) in [4.78, 5) is 0. The molecule has 0 amide bonds. The van der Waals surface area contributed by atoms with Crippen molar-refractivity contribution in [1.29, 1.82) is 0 Å². The van der Waals surface area contributed by atoms with E-state index < -0.39 is 10.0 Å². The molecule has 1 fully saturated rings. The molecule has 0 saturated heterocycles. The SMILES string of the molecule is NC(CNS(=O)(=O)c1cccs1)C1CC1. The summed E-state index contributed by atoms with van der Waals surface area (Å²) in [6, 6.07) is 3.27. The third-order valence-electron chi connectivity index (χ3n) is 2.50. The molecule has 0 bridgehead atoms. The van der Waals surface area contributed by atoms with Gasteiger partial charge >= 0.3 is 0 Å². The monoisotopic (exact) mass is 246 g/mol. The molecule has 1 aromatic heterocycles. The van der Waals surface area contributed by atoms with Crippen LogP contribution in [0.15, 0.2) is 21.7 Å². The lowest BCUT2D eigenvalue weighted by Gasteiger charge is -2.10. The summed E-state index contributed by atoms with van der Waals surface area (Å²) in [5.41, 5.74) is 5.82. The second-order valence-corrected chi connectivity index (χ2v) is 6.73. The first kappa shape index (κ1) is 11.1. The van der Waals surface area contributed by atoms with E-state index in [0.717, 1.165) is 12.8 Å². The first-order valence-electron chi connectivity index (χ1n) is 4.88. The Morgan fingerprint density at radius 2 is 2.33 bits per heavy atom. The number of rotatable bonds is 5. The lowest BCUT2D eigenvalue weighted by Crippen LogP contribution is -2.38. The second kappa shape index (κ2) is 4.21. The quantitative estimate of drug-likeness (QED) is 0.806. The summed E-state index contributed by atoms with van der Waals surface area (Å²) in [5.74, 6) is 0.510. The Morgan fingerprint density at radius 3 is 2.87 bits per heavy atom. The minimum Gasteiger partial charge on any atom is -0.326 e. The van der Waals surface area contributed by atoms with Crippen molar-refractivity contribution in [2.45, 2.75) is 23.1 Å². The minimum atomic E-state index is -3.33. The van der Waals surface area contributed by atoms with Crippen molar-refractivity contribution in [3.05, 3.63) is 17.5 Å². The molecule has 1 saturated carbocycles. The van der Waals surface area contributed by atoms with Crippen LogP contribution in [-0.2, 0) is 10.0 Å². The Kier molecular flexibility index (Phi) is 3.11. The van der Waals surface area contributed by atoms with Crippen LogP contribution < -0.4 is 10.5 Å². The van der Waals surface area contributed by atoms with Gasteiger partial charge in [0.25, 0.3) is 0 Å². The van der Waals surface area contributed by atoms with E-state index in [0.29, 0.717) is 16.7 Å². The Balaban J connectivity index is 1.93. The lowest BCUT2D eigenvalue weighted by atomic mass is 10.2. The molecule has 0 spiro atoms. The molecule has 1 aliphatic rings. The number of hydrogen-bond acceptors (Lipinski definition) is 4. The lowest BCUT2D eigenvalue weighted by molar-refractivity contribution is 0.549. The summed E-state index contributed by atoms with van der Waals surface area (Å²) in [7, 11) is -3.33. The van der Waals surface area contributed by atoms with Crippen LogP contribution in [0.5, 0.6) is 0 Å². The first-order chi connectivity index (χ1) is 7.09. The van der Waals surface area contributed by atoms with Gasteiger partial charge in [-0.05, 0) is 30.2 Å². The zero-order chi connectivity index (χ0) is 10.9. The highest BCUT2D eigenvalue weighted by molar-refractivity contribution is 7.91. The van der Waals surface area contributed by atoms with Crippen molar-refractivity contribution in [1.82, 2.24) is 4.72 Å². The zero-order valence-electron chi connectivity index (χ0n) is 8.22. The molecule has 0 radical (unpaired) electrons. The maximum Gasteiger partial charge on any atom is 0.250 e. The summed E-state index contributed by atoms with van der Waals surface area (Å²) in [6.07, 6.45) is 2.25. The number of nitrogens with two attached hydrogens (primary N) is 1. The van der Waals surface area contributed by atoms with Crippen LogP contribution in [0.3, 0.4) is 0 Å². The van der Waals surface area contributed by atoms with Gasteiger partial charge in [-0.2, -0.15) is 0 Å². The standard InChI is InChI=1S/C9H14N2O2S2/c10-8(7-3-4-7)6-11-15(12,13)9-2-1-5-14-9/h1-2,5,7-8,11H,3-4,6,10H2. The number of sulfonamides is 1.